The van der Waals surface area contributed by atoms with E-state index >= 15 is 0 Å². The van der Waals surface area contributed by atoms with Crippen molar-refractivity contribution < 1.29 is 14.1 Å². The molecule has 0 aliphatic rings. The standard InChI is InChI=1S/C4H11N.3FH.S/c1-3-5-4-2;;;;/h5H,3-4H2,1-2H3;3*1H;. The van der Waals surface area contributed by atoms with Crippen molar-refractivity contribution in [3.8, 4) is 0 Å². The van der Waals surface area contributed by atoms with Crippen LogP contribution < -0.4 is 5.32 Å². The van der Waals surface area contributed by atoms with Crippen LogP contribution in [0.15, 0.2) is 0 Å². The fraction of sp³-hybridized carbons (Fsp3) is 1.00. The van der Waals surface area contributed by atoms with Crippen molar-refractivity contribution in [3.05, 3.63) is 0 Å². The molecule has 1 N–H and O–H groups in total. The molecule has 0 heterocycles. The smallest absolute Gasteiger partial charge is 0 e. The summed E-state index contributed by atoms with van der Waals surface area (Å²) in [6.45, 7) is 6.39. The lowest BCUT2D eigenvalue weighted by Crippen LogP contribution is -2.09. The fourth-order valence-corrected chi connectivity index (χ4v) is 0.250. The van der Waals surface area contributed by atoms with Gasteiger partial charge < -0.3 is 5.32 Å². The highest BCUT2D eigenvalue weighted by molar-refractivity contribution is 7.59. The van der Waals surface area contributed by atoms with E-state index in [2.05, 4.69) is 19.2 Å². The van der Waals surface area contributed by atoms with Crippen LogP contribution in [-0.2, 0) is 0 Å². The molecule has 62 valence electrons. The average Bonchev–Trinajstić information content (AvgIpc) is 1.41. The number of hydrogen-bond donors (Lipinski definition) is 1. The maximum absolute atomic E-state index is 3.11. The molecule has 1 nitrogen and oxygen atoms in total. The Bertz CT molecular complexity index is 23.3. The van der Waals surface area contributed by atoms with Crippen LogP contribution in [0, 0.1) is 0 Å². The SMILES string of the molecule is CCNCC.F.F.F.[S]. The van der Waals surface area contributed by atoms with Crippen LogP contribution in [0.25, 0.3) is 0 Å². The van der Waals surface area contributed by atoms with Gasteiger partial charge in [0, 0.05) is 13.5 Å². The molecule has 0 aliphatic carbocycles. The second-order valence-corrected chi connectivity index (χ2v) is 0.957. The Morgan fingerprint density at radius 1 is 0.889 bits per heavy atom. The maximum Gasteiger partial charge on any atom is 0 e. The molecule has 0 rings (SSSR count). The fourth-order valence-electron chi connectivity index (χ4n) is 0.250. The second kappa shape index (κ2) is 42.5. The molecule has 0 amide bonds. The van der Waals surface area contributed by atoms with Gasteiger partial charge in [-0.25, -0.2) is 0 Å². The normalized spacial score (nSPS) is 4.67. The van der Waals surface area contributed by atoms with E-state index in [1.54, 1.807) is 0 Å². The van der Waals surface area contributed by atoms with E-state index < -0.39 is 0 Å². The maximum atomic E-state index is 3.11. The first-order valence-electron chi connectivity index (χ1n) is 2.12. The zero-order chi connectivity index (χ0) is 4.12. The summed E-state index contributed by atoms with van der Waals surface area (Å²) in [5.41, 5.74) is 0. The molecule has 0 aromatic carbocycles. The first-order chi connectivity index (χ1) is 2.41. The van der Waals surface area contributed by atoms with Gasteiger partial charge in [0.25, 0.3) is 0 Å². The third kappa shape index (κ3) is 68.3. The Kier molecular flexibility index (Phi) is 168. The Labute approximate surface area is 60.8 Å². The van der Waals surface area contributed by atoms with Crippen molar-refractivity contribution in [1.29, 1.82) is 0 Å². The number of rotatable bonds is 2. The van der Waals surface area contributed by atoms with Crippen LogP contribution >= 0.6 is 13.5 Å². The molecule has 5 heteroatoms. The first kappa shape index (κ1) is 35.5. The minimum Gasteiger partial charge on any atom is -0.317 e. The van der Waals surface area contributed by atoms with Crippen molar-refractivity contribution >= 4 is 13.5 Å². The first-order valence-corrected chi connectivity index (χ1v) is 2.12. The summed E-state index contributed by atoms with van der Waals surface area (Å²) in [6, 6.07) is 0. The summed E-state index contributed by atoms with van der Waals surface area (Å²) in [5, 5.41) is 3.11. The molecule has 0 saturated carbocycles. The van der Waals surface area contributed by atoms with E-state index in [-0.39, 0.29) is 27.6 Å². The van der Waals surface area contributed by atoms with Gasteiger partial charge in [0.1, 0.15) is 0 Å². The highest BCUT2D eigenvalue weighted by Gasteiger charge is 1.62. The van der Waals surface area contributed by atoms with Crippen LogP contribution in [0.3, 0.4) is 0 Å². The summed E-state index contributed by atoms with van der Waals surface area (Å²) in [7, 11) is 0. The molecular weight excluding hydrogens is 151 g/mol. The number of nitrogens with one attached hydrogen (secondary N) is 1. The molecule has 0 saturated heterocycles. The van der Waals surface area contributed by atoms with Gasteiger partial charge in [-0.3, -0.25) is 14.1 Å². The summed E-state index contributed by atoms with van der Waals surface area (Å²) in [4.78, 5) is 0. The largest absolute Gasteiger partial charge is 0.317 e. The zero-order valence-corrected chi connectivity index (χ0v) is 6.36. The van der Waals surface area contributed by atoms with Crippen molar-refractivity contribution in [1.82, 2.24) is 5.32 Å². The van der Waals surface area contributed by atoms with Gasteiger partial charge in [0.2, 0.25) is 0 Å². The second-order valence-electron chi connectivity index (χ2n) is 0.957. The molecule has 0 bridgehead atoms. The van der Waals surface area contributed by atoms with Gasteiger partial charge in [-0.05, 0) is 13.1 Å². The summed E-state index contributed by atoms with van der Waals surface area (Å²) in [6.07, 6.45) is 0. The van der Waals surface area contributed by atoms with Crippen molar-refractivity contribution in [2.75, 3.05) is 13.1 Å². The Balaban J connectivity index is -0.0000000133. The van der Waals surface area contributed by atoms with Crippen LogP contribution in [-0.4, -0.2) is 13.1 Å². The molecule has 0 unspecified atom stereocenters. The van der Waals surface area contributed by atoms with Gasteiger partial charge >= 0.3 is 0 Å². The Morgan fingerprint density at radius 3 is 1.11 bits per heavy atom. The summed E-state index contributed by atoms with van der Waals surface area (Å²) in [5.74, 6) is 0. The topological polar surface area (TPSA) is 12.0 Å². The van der Waals surface area contributed by atoms with Gasteiger partial charge in [0.15, 0.2) is 0 Å². The number of halogens is 3. The monoisotopic (exact) mass is 165 g/mol. The lowest BCUT2D eigenvalue weighted by Gasteiger charge is -1.86. The average molecular weight is 165 g/mol. The summed E-state index contributed by atoms with van der Waals surface area (Å²) >= 11 is 0. The molecule has 9 heavy (non-hydrogen) atoms. The third-order valence-corrected chi connectivity index (χ3v) is 0.500. The molecule has 2 radical (unpaired) electrons. The number of hydrogen-bond acceptors (Lipinski definition) is 1. The highest BCUT2D eigenvalue weighted by atomic mass is 32.1. The van der Waals surface area contributed by atoms with E-state index in [0.29, 0.717) is 0 Å². The molecular formula is C4H14F3NS. The van der Waals surface area contributed by atoms with E-state index in [4.69, 9.17) is 0 Å². The predicted octanol–water partition coefficient (Wildman–Crippen LogP) is 1.72. The van der Waals surface area contributed by atoms with Crippen LogP contribution in [0.2, 0.25) is 0 Å². The highest BCUT2D eigenvalue weighted by Crippen LogP contribution is 1.47. The molecule has 0 aliphatic heterocycles. The quantitative estimate of drug-likeness (QED) is 0.657. The lowest BCUT2D eigenvalue weighted by molar-refractivity contribution is 0.762. The zero-order valence-electron chi connectivity index (χ0n) is 5.55. The predicted molar refractivity (Wildman–Crippen MR) is 39.3 cm³/mol. The van der Waals surface area contributed by atoms with Gasteiger partial charge in [-0.2, -0.15) is 0 Å². The van der Waals surface area contributed by atoms with E-state index in [1.807, 2.05) is 0 Å². The van der Waals surface area contributed by atoms with Crippen molar-refractivity contribution in [3.63, 3.8) is 0 Å². The van der Waals surface area contributed by atoms with E-state index in [9.17, 15) is 0 Å². The van der Waals surface area contributed by atoms with E-state index in [1.165, 1.54) is 0 Å². The minimum absolute atomic E-state index is 0. The van der Waals surface area contributed by atoms with E-state index in [0.717, 1.165) is 13.1 Å². The Morgan fingerprint density at radius 2 is 1.11 bits per heavy atom. The van der Waals surface area contributed by atoms with Crippen LogP contribution in [0.4, 0.5) is 14.1 Å². The Hall–Kier alpha value is 0.100. The third-order valence-electron chi connectivity index (χ3n) is 0.500. The molecule has 0 fully saturated rings. The molecule has 0 aromatic heterocycles. The van der Waals surface area contributed by atoms with Crippen molar-refractivity contribution in [2.45, 2.75) is 13.8 Å². The van der Waals surface area contributed by atoms with Crippen LogP contribution in [0.1, 0.15) is 13.8 Å². The lowest BCUT2D eigenvalue weighted by atomic mass is 10.7. The molecule has 0 atom stereocenters. The molecule has 0 spiro atoms. The van der Waals surface area contributed by atoms with Gasteiger partial charge in [-0.15, -0.1) is 0 Å². The van der Waals surface area contributed by atoms with Gasteiger partial charge in [0.05, 0.1) is 0 Å². The van der Waals surface area contributed by atoms with Crippen molar-refractivity contribution in [2.24, 2.45) is 0 Å². The molecule has 0 aromatic rings. The van der Waals surface area contributed by atoms with Crippen LogP contribution in [0.5, 0.6) is 0 Å². The van der Waals surface area contributed by atoms with Gasteiger partial charge in [-0.1, -0.05) is 13.8 Å². The minimum atomic E-state index is 0. The summed E-state index contributed by atoms with van der Waals surface area (Å²) < 4.78 is 0.